The predicted octanol–water partition coefficient (Wildman–Crippen LogP) is 2.31. The molecule has 0 aliphatic heterocycles. The van der Waals surface area contributed by atoms with Crippen LogP contribution < -0.4 is 20.1 Å². The Balaban J connectivity index is 0.00000312. The van der Waals surface area contributed by atoms with Gasteiger partial charge in [-0.1, -0.05) is 6.07 Å². The first kappa shape index (κ1) is 21.1. The van der Waals surface area contributed by atoms with Gasteiger partial charge in [0.2, 0.25) is 0 Å². The first-order valence-corrected chi connectivity index (χ1v) is 7.86. The fourth-order valence-corrected chi connectivity index (χ4v) is 2.24. The van der Waals surface area contributed by atoms with Crippen LogP contribution in [0.2, 0.25) is 0 Å². The summed E-state index contributed by atoms with van der Waals surface area (Å²) in [5.74, 6) is 2.20. The number of halogens is 1. The second kappa shape index (κ2) is 10.8. The number of rotatable bonds is 7. The number of aliphatic imine (C=N–C) groups is 1. The molecule has 0 saturated heterocycles. The molecule has 2 N–H and O–H groups in total. The average Bonchev–Trinajstić information content (AvgIpc) is 3.02. The van der Waals surface area contributed by atoms with Crippen molar-refractivity contribution in [2.45, 2.75) is 20.0 Å². The Hall–Kier alpha value is -1.97. The molecule has 0 amide bonds. The molecule has 0 fully saturated rings. The van der Waals surface area contributed by atoms with Crippen molar-refractivity contribution >= 4 is 29.9 Å². The van der Waals surface area contributed by atoms with Crippen LogP contribution in [0, 0.1) is 0 Å². The second-order valence-electron chi connectivity index (χ2n) is 5.26. The standard InChI is InChI=1S/C17H25N5O2.HI/c1-5-18-17(20-10-14-11-21-22(2)12-14)19-9-13-6-7-15(23-3)16(8-13)24-4;/h6-8,11-12H,5,9-10H2,1-4H3,(H2,18,19,20);1H. The van der Waals surface area contributed by atoms with Crippen molar-refractivity contribution in [3.05, 3.63) is 41.7 Å². The van der Waals surface area contributed by atoms with E-state index in [0.717, 1.165) is 29.4 Å². The zero-order valence-electron chi connectivity index (χ0n) is 15.1. The summed E-state index contributed by atoms with van der Waals surface area (Å²) < 4.78 is 12.4. The van der Waals surface area contributed by atoms with Crippen molar-refractivity contribution in [3.8, 4) is 11.5 Å². The van der Waals surface area contributed by atoms with Gasteiger partial charge in [0.25, 0.3) is 0 Å². The van der Waals surface area contributed by atoms with Gasteiger partial charge in [-0.2, -0.15) is 5.10 Å². The molecule has 2 rings (SSSR count). The highest BCUT2D eigenvalue weighted by Crippen LogP contribution is 2.27. The van der Waals surface area contributed by atoms with Gasteiger partial charge in [-0.25, -0.2) is 4.99 Å². The topological polar surface area (TPSA) is 72.7 Å². The molecule has 1 aromatic heterocycles. The second-order valence-corrected chi connectivity index (χ2v) is 5.26. The number of aryl methyl sites for hydroxylation is 1. The molecule has 138 valence electrons. The molecular weight excluding hydrogens is 433 g/mol. The van der Waals surface area contributed by atoms with Crippen molar-refractivity contribution in [2.24, 2.45) is 12.0 Å². The highest BCUT2D eigenvalue weighted by molar-refractivity contribution is 14.0. The summed E-state index contributed by atoms with van der Waals surface area (Å²) >= 11 is 0. The van der Waals surface area contributed by atoms with E-state index in [0.29, 0.717) is 18.8 Å². The van der Waals surface area contributed by atoms with Crippen LogP contribution in [0.4, 0.5) is 0 Å². The number of guanidine groups is 1. The molecule has 1 heterocycles. The van der Waals surface area contributed by atoms with Crippen LogP contribution in [0.15, 0.2) is 35.6 Å². The van der Waals surface area contributed by atoms with Gasteiger partial charge >= 0.3 is 0 Å². The number of benzene rings is 1. The molecule has 0 unspecified atom stereocenters. The van der Waals surface area contributed by atoms with Crippen LogP contribution in [0.3, 0.4) is 0 Å². The van der Waals surface area contributed by atoms with E-state index >= 15 is 0 Å². The summed E-state index contributed by atoms with van der Waals surface area (Å²) in [7, 11) is 5.16. The molecule has 8 heteroatoms. The molecule has 0 radical (unpaired) electrons. The van der Waals surface area contributed by atoms with Gasteiger partial charge in [0.15, 0.2) is 17.5 Å². The predicted molar refractivity (Wildman–Crippen MR) is 110 cm³/mol. The van der Waals surface area contributed by atoms with Crippen LogP contribution in [-0.4, -0.2) is 36.5 Å². The van der Waals surface area contributed by atoms with Gasteiger partial charge in [-0.15, -0.1) is 24.0 Å². The molecule has 7 nitrogen and oxygen atoms in total. The number of ether oxygens (including phenoxy) is 2. The highest BCUT2D eigenvalue weighted by atomic mass is 127. The van der Waals surface area contributed by atoms with Crippen LogP contribution in [0.5, 0.6) is 11.5 Å². The quantitative estimate of drug-likeness (QED) is 0.378. The van der Waals surface area contributed by atoms with Crippen molar-refractivity contribution in [3.63, 3.8) is 0 Å². The minimum Gasteiger partial charge on any atom is -0.493 e. The maximum absolute atomic E-state index is 5.33. The van der Waals surface area contributed by atoms with Crippen LogP contribution in [-0.2, 0) is 20.1 Å². The monoisotopic (exact) mass is 459 g/mol. The fourth-order valence-electron chi connectivity index (χ4n) is 2.24. The third kappa shape index (κ3) is 6.45. The number of nitrogens with zero attached hydrogens (tertiary/aromatic N) is 3. The average molecular weight is 459 g/mol. The van der Waals surface area contributed by atoms with E-state index in [9.17, 15) is 0 Å². The van der Waals surface area contributed by atoms with Gasteiger partial charge in [-0.3, -0.25) is 4.68 Å². The highest BCUT2D eigenvalue weighted by Gasteiger charge is 2.05. The Morgan fingerprint density at radius 3 is 2.52 bits per heavy atom. The van der Waals surface area contributed by atoms with E-state index in [-0.39, 0.29) is 24.0 Å². The van der Waals surface area contributed by atoms with Crippen molar-refractivity contribution in [1.29, 1.82) is 0 Å². The van der Waals surface area contributed by atoms with Gasteiger partial charge in [0, 0.05) is 31.9 Å². The number of aromatic nitrogens is 2. The van der Waals surface area contributed by atoms with Gasteiger partial charge in [-0.05, 0) is 24.6 Å². The lowest BCUT2D eigenvalue weighted by Gasteiger charge is -2.13. The number of nitrogens with one attached hydrogen (secondary N) is 2. The first-order chi connectivity index (χ1) is 11.7. The van der Waals surface area contributed by atoms with Gasteiger partial charge < -0.3 is 20.1 Å². The zero-order valence-corrected chi connectivity index (χ0v) is 17.4. The maximum atomic E-state index is 5.33. The fraction of sp³-hybridized carbons (Fsp3) is 0.412. The van der Waals surface area contributed by atoms with Gasteiger partial charge in [0.05, 0.1) is 27.0 Å². The Morgan fingerprint density at radius 1 is 1.16 bits per heavy atom. The first-order valence-electron chi connectivity index (χ1n) is 7.86. The molecule has 0 aliphatic carbocycles. The third-order valence-corrected chi connectivity index (χ3v) is 3.43. The van der Waals surface area contributed by atoms with Crippen LogP contribution in [0.25, 0.3) is 0 Å². The maximum Gasteiger partial charge on any atom is 0.191 e. The summed E-state index contributed by atoms with van der Waals surface area (Å²) in [6.07, 6.45) is 3.78. The van der Waals surface area contributed by atoms with E-state index in [1.807, 2.05) is 44.6 Å². The molecule has 0 spiro atoms. The van der Waals surface area contributed by atoms with Crippen molar-refractivity contribution in [1.82, 2.24) is 20.4 Å². The third-order valence-electron chi connectivity index (χ3n) is 3.43. The normalized spacial score (nSPS) is 10.8. The minimum absolute atomic E-state index is 0. The number of hydrogen-bond donors (Lipinski definition) is 2. The summed E-state index contributed by atoms with van der Waals surface area (Å²) in [4.78, 5) is 4.57. The van der Waals surface area contributed by atoms with Crippen molar-refractivity contribution in [2.75, 3.05) is 20.8 Å². The van der Waals surface area contributed by atoms with Crippen molar-refractivity contribution < 1.29 is 9.47 Å². The zero-order chi connectivity index (χ0) is 17.4. The van der Waals surface area contributed by atoms with E-state index in [1.54, 1.807) is 18.9 Å². The Bertz CT molecular complexity index is 687. The molecule has 0 saturated carbocycles. The summed E-state index contributed by atoms with van der Waals surface area (Å²) in [5.41, 5.74) is 2.15. The van der Waals surface area contributed by atoms with E-state index in [1.165, 1.54) is 0 Å². The van der Waals surface area contributed by atoms with E-state index in [4.69, 9.17) is 9.47 Å². The molecule has 25 heavy (non-hydrogen) atoms. The number of methoxy groups -OCH3 is 2. The molecule has 1 aromatic carbocycles. The minimum atomic E-state index is 0. The smallest absolute Gasteiger partial charge is 0.191 e. The summed E-state index contributed by atoms with van der Waals surface area (Å²) in [5, 5.41) is 10.7. The SMILES string of the molecule is CCNC(=NCc1cnn(C)c1)NCc1ccc(OC)c(OC)c1.I. The van der Waals surface area contributed by atoms with Gasteiger partial charge in [0.1, 0.15) is 0 Å². The summed E-state index contributed by atoms with van der Waals surface area (Å²) in [6, 6.07) is 5.85. The molecule has 0 atom stereocenters. The lowest BCUT2D eigenvalue weighted by Crippen LogP contribution is -2.36. The Kier molecular flexibility index (Phi) is 9.11. The number of hydrogen-bond acceptors (Lipinski definition) is 4. The molecule has 0 aliphatic rings. The lowest BCUT2D eigenvalue weighted by atomic mass is 10.2. The van der Waals surface area contributed by atoms with E-state index < -0.39 is 0 Å². The Labute approximate surface area is 165 Å². The largest absolute Gasteiger partial charge is 0.493 e. The molecular formula is C17H26IN5O2. The summed E-state index contributed by atoms with van der Waals surface area (Å²) in [6.45, 7) is 4.05. The van der Waals surface area contributed by atoms with Crippen LogP contribution >= 0.6 is 24.0 Å². The van der Waals surface area contributed by atoms with Crippen LogP contribution in [0.1, 0.15) is 18.1 Å². The lowest BCUT2D eigenvalue weighted by molar-refractivity contribution is 0.354. The van der Waals surface area contributed by atoms with E-state index in [2.05, 4.69) is 20.7 Å². The molecule has 2 aromatic rings. The molecule has 0 bridgehead atoms. The Morgan fingerprint density at radius 2 is 1.92 bits per heavy atom.